The Morgan fingerprint density at radius 2 is 1.90 bits per heavy atom. The van der Waals surface area contributed by atoms with Crippen LogP contribution in [0.2, 0.25) is 0 Å². The number of nitro benzene ring substituents is 1. The Kier molecular flexibility index (Phi) is 5.39. The van der Waals surface area contributed by atoms with Crippen LogP contribution in [0.15, 0.2) is 36.4 Å². The summed E-state index contributed by atoms with van der Waals surface area (Å²) in [5.41, 5.74) is 1.90. The van der Waals surface area contributed by atoms with Gasteiger partial charge in [-0.2, -0.15) is 0 Å². The zero-order valence-electron chi connectivity index (χ0n) is 17.6. The van der Waals surface area contributed by atoms with Crippen molar-refractivity contribution < 1.29 is 24.0 Å². The second kappa shape index (κ2) is 8.02. The zero-order chi connectivity index (χ0) is 22.2. The Morgan fingerprint density at radius 3 is 2.61 bits per heavy atom. The van der Waals surface area contributed by atoms with E-state index >= 15 is 0 Å². The molecule has 1 spiro atoms. The first kappa shape index (κ1) is 20.8. The number of aryl methyl sites for hydroxylation is 1. The predicted octanol–water partition coefficient (Wildman–Crippen LogP) is 3.62. The molecule has 2 aliphatic rings. The highest BCUT2D eigenvalue weighted by Gasteiger charge is 2.44. The summed E-state index contributed by atoms with van der Waals surface area (Å²) < 4.78 is 11.8. The van der Waals surface area contributed by atoms with Gasteiger partial charge in [0.05, 0.1) is 16.9 Å². The molecule has 1 saturated heterocycles. The van der Waals surface area contributed by atoms with Gasteiger partial charge in [-0.1, -0.05) is 18.2 Å². The van der Waals surface area contributed by atoms with Gasteiger partial charge < -0.3 is 14.4 Å². The summed E-state index contributed by atoms with van der Waals surface area (Å²) in [4.78, 5) is 37.6. The molecule has 0 bridgehead atoms. The molecule has 0 radical (unpaired) electrons. The number of carbonyl (C=O) groups is 2. The monoisotopic (exact) mass is 424 g/mol. The normalized spacial score (nSPS) is 17.1. The molecule has 0 aromatic heterocycles. The molecule has 0 atom stereocenters. The van der Waals surface area contributed by atoms with E-state index in [1.54, 1.807) is 17.0 Å². The average molecular weight is 424 g/mol. The molecule has 4 rings (SSSR count). The molecular weight excluding hydrogens is 400 g/mol. The first-order valence-electron chi connectivity index (χ1n) is 10.3. The van der Waals surface area contributed by atoms with E-state index in [2.05, 4.69) is 0 Å². The standard InChI is InChI=1S/C23H24N2O6/c1-15-7-8-17-19(26)13-23(31-22(17)16(15)2)9-11-24(12-10-23)21(27)14-30-20-6-4-3-5-18(20)25(28)29/h3-8H,9-14H2,1-2H3. The minimum absolute atomic E-state index is 0.0676. The predicted molar refractivity (Wildman–Crippen MR) is 113 cm³/mol. The number of ether oxygens (including phenoxy) is 2. The van der Waals surface area contributed by atoms with Crippen molar-refractivity contribution in [3.63, 3.8) is 0 Å². The molecule has 0 aliphatic carbocycles. The van der Waals surface area contributed by atoms with Crippen LogP contribution >= 0.6 is 0 Å². The number of hydrogen-bond donors (Lipinski definition) is 0. The summed E-state index contributed by atoms with van der Waals surface area (Å²) in [6.07, 6.45) is 1.39. The third-order valence-electron chi connectivity index (χ3n) is 6.22. The van der Waals surface area contributed by atoms with Gasteiger partial charge in [0.1, 0.15) is 11.4 Å². The number of carbonyl (C=O) groups excluding carboxylic acids is 2. The number of nitro groups is 1. The Balaban J connectivity index is 1.40. The molecule has 1 fully saturated rings. The summed E-state index contributed by atoms with van der Waals surface area (Å²) >= 11 is 0. The van der Waals surface area contributed by atoms with Crippen LogP contribution in [0.5, 0.6) is 11.5 Å². The van der Waals surface area contributed by atoms with Gasteiger partial charge in [0, 0.05) is 32.0 Å². The zero-order valence-corrected chi connectivity index (χ0v) is 17.6. The summed E-state index contributed by atoms with van der Waals surface area (Å²) in [6, 6.07) is 9.74. The van der Waals surface area contributed by atoms with Crippen LogP contribution in [0.3, 0.4) is 0 Å². The molecule has 2 aromatic rings. The maximum absolute atomic E-state index is 12.7. The van der Waals surface area contributed by atoms with Crippen LogP contribution in [0.1, 0.15) is 40.7 Å². The van der Waals surface area contributed by atoms with E-state index in [-0.39, 0.29) is 29.7 Å². The van der Waals surface area contributed by atoms with Gasteiger partial charge in [0.25, 0.3) is 5.91 Å². The Hall–Kier alpha value is -3.42. The smallest absolute Gasteiger partial charge is 0.310 e. The van der Waals surface area contributed by atoms with Crippen molar-refractivity contribution in [3.05, 3.63) is 63.2 Å². The lowest BCUT2D eigenvalue weighted by atomic mass is 9.81. The van der Waals surface area contributed by atoms with Crippen molar-refractivity contribution in [2.24, 2.45) is 0 Å². The number of amides is 1. The molecule has 162 valence electrons. The molecule has 1 amide bonds. The number of hydrogen-bond acceptors (Lipinski definition) is 6. The topological polar surface area (TPSA) is 99.0 Å². The number of ketones is 1. The number of nitrogens with zero attached hydrogens (tertiary/aromatic N) is 2. The fourth-order valence-electron chi connectivity index (χ4n) is 4.18. The van der Waals surface area contributed by atoms with Gasteiger partial charge in [-0.3, -0.25) is 19.7 Å². The second-order valence-corrected chi connectivity index (χ2v) is 8.16. The highest BCUT2D eigenvalue weighted by molar-refractivity contribution is 6.01. The van der Waals surface area contributed by atoms with Crippen LogP contribution in [0.4, 0.5) is 5.69 Å². The van der Waals surface area contributed by atoms with Crippen molar-refractivity contribution >= 4 is 17.4 Å². The third kappa shape index (κ3) is 3.97. The maximum Gasteiger partial charge on any atom is 0.310 e. The van der Waals surface area contributed by atoms with E-state index < -0.39 is 10.5 Å². The van der Waals surface area contributed by atoms with Crippen molar-refractivity contribution in [3.8, 4) is 11.5 Å². The van der Waals surface area contributed by atoms with Crippen LogP contribution in [-0.2, 0) is 4.79 Å². The van der Waals surface area contributed by atoms with Crippen LogP contribution in [0, 0.1) is 24.0 Å². The Bertz CT molecular complexity index is 1060. The van der Waals surface area contributed by atoms with Crippen molar-refractivity contribution in [1.82, 2.24) is 4.90 Å². The minimum atomic E-state index is -0.599. The molecule has 0 saturated carbocycles. The van der Waals surface area contributed by atoms with Gasteiger partial charge >= 0.3 is 5.69 Å². The third-order valence-corrected chi connectivity index (χ3v) is 6.22. The summed E-state index contributed by atoms with van der Waals surface area (Å²) in [5.74, 6) is 0.556. The summed E-state index contributed by atoms with van der Waals surface area (Å²) in [5, 5.41) is 11.1. The minimum Gasteiger partial charge on any atom is -0.486 e. The van der Waals surface area contributed by atoms with E-state index in [0.29, 0.717) is 43.7 Å². The second-order valence-electron chi connectivity index (χ2n) is 8.16. The molecule has 0 unspecified atom stereocenters. The summed E-state index contributed by atoms with van der Waals surface area (Å²) in [6.45, 7) is 4.54. The molecule has 8 heteroatoms. The van der Waals surface area contributed by atoms with Crippen LogP contribution in [-0.4, -0.2) is 46.8 Å². The molecule has 8 nitrogen and oxygen atoms in total. The fraction of sp³-hybridized carbons (Fsp3) is 0.391. The number of benzene rings is 2. The van der Waals surface area contributed by atoms with Crippen LogP contribution in [0.25, 0.3) is 0 Å². The Labute approximate surface area is 179 Å². The van der Waals surface area contributed by atoms with E-state index in [1.807, 2.05) is 26.0 Å². The lowest BCUT2D eigenvalue weighted by molar-refractivity contribution is -0.385. The largest absolute Gasteiger partial charge is 0.486 e. The number of fused-ring (bicyclic) bond motifs is 1. The molecular formula is C23H24N2O6. The van der Waals surface area contributed by atoms with Gasteiger partial charge in [-0.25, -0.2) is 0 Å². The first-order chi connectivity index (χ1) is 14.8. The van der Waals surface area contributed by atoms with Gasteiger partial charge in [0.15, 0.2) is 18.1 Å². The van der Waals surface area contributed by atoms with E-state index in [9.17, 15) is 19.7 Å². The number of Topliss-reactive ketones (excluding diaryl/α,β-unsaturated/α-hetero) is 1. The molecule has 2 aromatic carbocycles. The Morgan fingerprint density at radius 1 is 1.19 bits per heavy atom. The average Bonchev–Trinajstić information content (AvgIpc) is 2.75. The van der Waals surface area contributed by atoms with Crippen LogP contribution < -0.4 is 9.47 Å². The van der Waals surface area contributed by atoms with Crippen molar-refractivity contribution in [1.29, 1.82) is 0 Å². The number of piperidine rings is 1. The van der Waals surface area contributed by atoms with Gasteiger partial charge in [-0.05, 0) is 37.1 Å². The van der Waals surface area contributed by atoms with E-state index in [1.165, 1.54) is 12.1 Å². The fourth-order valence-corrected chi connectivity index (χ4v) is 4.18. The van der Waals surface area contributed by atoms with E-state index in [4.69, 9.17) is 9.47 Å². The van der Waals surface area contributed by atoms with Crippen molar-refractivity contribution in [2.75, 3.05) is 19.7 Å². The molecule has 2 aliphatic heterocycles. The summed E-state index contributed by atoms with van der Waals surface area (Å²) in [7, 11) is 0. The number of para-hydroxylation sites is 2. The lowest BCUT2D eigenvalue weighted by Crippen LogP contribution is -2.53. The van der Waals surface area contributed by atoms with Crippen molar-refractivity contribution in [2.45, 2.75) is 38.7 Å². The first-order valence-corrected chi connectivity index (χ1v) is 10.3. The SMILES string of the molecule is Cc1ccc2c(c1C)OC1(CCN(C(=O)COc3ccccc3[N+](=O)[O-])CC1)CC2=O. The number of likely N-dealkylation sites (tertiary alicyclic amines) is 1. The van der Waals surface area contributed by atoms with Gasteiger partial charge in [0.2, 0.25) is 0 Å². The molecule has 0 N–H and O–H groups in total. The maximum atomic E-state index is 12.7. The highest BCUT2D eigenvalue weighted by Crippen LogP contribution is 2.41. The highest BCUT2D eigenvalue weighted by atomic mass is 16.6. The number of rotatable bonds is 4. The molecule has 31 heavy (non-hydrogen) atoms. The lowest BCUT2D eigenvalue weighted by Gasteiger charge is -2.44. The van der Waals surface area contributed by atoms with Gasteiger partial charge in [-0.15, -0.1) is 0 Å². The van der Waals surface area contributed by atoms with E-state index in [0.717, 1.165) is 11.1 Å². The quantitative estimate of drug-likeness (QED) is 0.549. The molecule has 2 heterocycles.